The summed E-state index contributed by atoms with van der Waals surface area (Å²) in [7, 11) is 0. The molecule has 30 heavy (non-hydrogen) atoms. The average Bonchev–Trinajstić information content (AvgIpc) is 2.73. The third-order valence-electron chi connectivity index (χ3n) is 4.36. The predicted molar refractivity (Wildman–Crippen MR) is 105 cm³/mol. The molecule has 10 heteroatoms. The van der Waals surface area contributed by atoms with Crippen molar-refractivity contribution in [1.82, 2.24) is 0 Å². The highest BCUT2D eigenvalue weighted by Gasteiger charge is 2.21. The Labute approximate surface area is 166 Å². The lowest BCUT2D eigenvalue weighted by atomic mass is 10.1. The van der Waals surface area contributed by atoms with Crippen LogP contribution in [0.1, 0.15) is 10.4 Å². The van der Waals surface area contributed by atoms with Crippen molar-refractivity contribution in [3.8, 4) is 5.75 Å². The fourth-order valence-electron chi connectivity index (χ4n) is 3.01. The van der Waals surface area contributed by atoms with Crippen LogP contribution in [-0.4, -0.2) is 15.8 Å². The maximum atomic E-state index is 12.4. The summed E-state index contributed by atoms with van der Waals surface area (Å²) in [4.78, 5) is 44.8. The molecule has 4 aromatic rings. The number of carbonyl (C=O) groups is 1. The molecule has 0 spiro atoms. The van der Waals surface area contributed by atoms with Gasteiger partial charge in [0.25, 0.3) is 11.4 Å². The molecule has 0 fully saturated rings. The summed E-state index contributed by atoms with van der Waals surface area (Å²) in [6, 6.07) is 13.7. The molecule has 0 saturated heterocycles. The third kappa shape index (κ3) is 3.33. The topological polar surface area (TPSA) is 143 Å². The van der Waals surface area contributed by atoms with Gasteiger partial charge in [0.1, 0.15) is 11.3 Å². The lowest BCUT2D eigenvalue weighted by Crippen LogP contribution is -2.10. The first-order valence-electron chi connectivity index (χ1n) is 8.45. The summed E-state index contributed by atoms with van der Waals surface area (Å²) in [6.45, 7) is 0. The Morgan fingerprint density at radius 3 is 2.10 bits per heavy atom. The minimum absolute atomic E-state index is 0.0000836. The number of nitro benzene ring substituents is 2. The molecule has 148 valence electrons. The van der Waals surface area contributed by atoms with Gasteiger partial charge in [-0.05, 0) is 23.6 Å². The van der Waals surface area contributed by atoms with Crippen LogP contribution in [0.25, 0.3) is 21.7 Å². The number of hydrogen-bond acceptors (Lipinski definition) is 8. The zero-order valence-corrected chi connectivity index (χ0v) is 14.9. The SMILES string of the molecule is O=C(Oc1ccc2c(c1)oc(=O)c1ccccc12)c1cc([N+](=O)[O-])cc([N+](=O)[O-])c1. The molecule has 0 atom stereocenters. The molecule has 0 aliphatic rings. The monoisotopic (exact) mass is 406 g/mol. The Balaban J connectivity index is 1.73. The maximum Gasteiger partial charge on any atom is 0.344 e. The number of ether oxygens (including phenoxy) is 1. The van der Waals surface area contributed by atoms with E-state index in [1.165, 1.54) is 12.1 Å². The van der Waals surface area contributed by atoms with E-state index < -0.39 is 32.8 Å². The molecule has 1 heterocycles. The molecule has 10 nitrogen and oxygen atoms in total. The lowest BCUT2D eigenvalue weighted by Gasteiger charge is -2.07. The van der Waals surface area contributed by atoms with E-state index in [4.69, 9.17) is 9.15 Å². The van der Waals surface area contributed by atoms with Gasteiger partial charge in [-0.2, -0.15) is 0 Å². The first-order chi connectivity index (χ1) is 14.3. The van der Waals surface area contributed by atoms with Gasteiger partial charge in [-0.1, -0.05) is 18.2 Å². The van der Waals surface area contributed by atoms with Crippen LogP contribution in [0.5, 0.6) is 5.75 Å². The first-order valence-corrected chi connectivity index (χ1v) is 8.45. The van der Waals surface area contributed by atoms with Crippen LogP contribution in [-0.2, 0) is 0 Å². The van der Waals surface area contributed by atoms with Crippen LogP contribution in [0, 0.1) is 20.2 Å². The first kappa shape index (κ1) is 18.7. The van der Waals surface area contributed by atoms with Gasteiger partial charge in [-0.25, -0.2) is 9.59 Å². The summed E-state index contributed by atoms with van der Waals surface area (Å²) in [5.41, 5.74) is -1.99. The normalized spacial score (nSPS) is 10.8. The van der Waals surface area contributed by atoms with Crippen molar-refractivity contribution >= 4 is 39.1 Å². The van der Waals surface area contributed by atoms with E-state index in [1.54, 1.807) is 30.3 Å². The van der Waals surface area contributed by atoms with Crippen LogP contribution < -0.4 is 10.4 Å². The van der Waals surface area contributed by atoms with Crippen molar-refractivity contribution in [2.75, 3.05) is 0 Å². The predicted octanol–water partition coefficient (Wildman–Crippen LogP) is 3.98. The highest BCUT2D eigenvalue weighted by Crippen LogP contribution is 2.28. The van der Waals surface area contributed by atoms with E-state index in [-0.39, 0.29) is 16.9 Å². The minimum atomic E-state index is -1.04. The van der Waals surface area contributed by atoms with E-state index in [9.17, 15) is 29.8 Å². The second-order valence-electron chi connectivity index (χ2n) is 6.23. The number of nitro groups is 2. The zero-order chi connectivity index (χ0) is 21.4. The van der Waals surface area contributed by atoms with Gasteiger partial charge in [-0.15, -0.1) is 0 Å². The van der Waals surface area contributed by atoms with Crippen LogP contribution in [0.2, 0.25) is 0 Å². The third-order valence-corrected chi connectivity index (χ3v) is 4.36. The van der Waals surface area contributed by atoms with E-state index in [1.807, 2.05) is 0 Å². The van der Waals surface area contributed by atoms with Crippen molar-refractivity contribution in [1.29, 1.82) is 0 Å². The fraction of sp³-hybridized carbons (Fsp3) is 0. The van der Waals surface area contributed by atoms with Gasteiger partial charge in [0.2, 0.25) is 0 Å². The van der Waals surface area contributed by atoms with E-state index in [0.717, 1.165) is 18.2 Å². The number of fused-ring (bicyclic) bond motifs is 3. The van der Waals surface area contributed by atoms with Gasteiger partial charge < -0.3 is 9.15 Å². The molecule has 0 amide bonds. The van der Waals surface area contributed by atoms with Crippen LogP contribution in [0.4, 0.5) is 11.4 Å². The summed E-state index contributed by atoms with van der Waals surface area (Å²) in [5, 5.41) is 23.7. The molecule has 0 saturated carbocycles. The van der Waals surface area contributed by atoms with Gasteiger partial charge in [0.15, 0.2) is 0 Å². The van der Waals surface area contributed by atoms with E-state index >= 15 is 0 Å². The highest BCUT2D eigenvalue weighted by molar-refractivity contribution is 6.04. The van der Waals surface area contributed by atoms with Crippen molar-refractivity contribution in [3.63, 3.8) is 0 Å². The van der Waals surface area contributed by atoms with Gasteiger partial charge in [0, 0.05) is 23.6 Å². The Kier molecular flexibility index (Phi) is 4.43. The van der Waals surface area contributed by atoms with E-state index in [0.29, 0.717) is 16.2 Å². The quantitative estimate of drug-likeness (QED) is 0.124. The molecular formula is C20H10N2O8. The number of non-ortho nitro benzene ring substituents is 2. The zero-order valence-electron chi connectivity index (χ0n) is 14.9. The lowest BCUT2D eigenvalue weighted by molar-refractivity contribution is -0.394. The average molecular weight is 406 g/mol. The van der Waals surface area contributed by atoms with Crippen molar-refractivity contribution < 1.29 is 23.8 Å². The number of rotatable bonds is 4. The Morgan fingerprint density at radius 1 is 0.833 bits per heavy atom. The standard InChI is InChI=1S/C20H10N2O8/c23-19(11-7-12(21(25)26)9-13(8-11)22(27)28)29-14-5-6-16-15-3-1-2-4-17(15)20(24)30-18(16)10-14/h1-10H. The highest BCUT2D eigenvalue weighted by atomic mass is 16.6. The molecule has 0 unspecified atom stereocenters. The molecule has 0 radical (unpaired) electrons. The largest absolute Gasteiger partial charge is 0.423 e. The number of esters is 1. The van der Waals surface area contributed by atoms with E-state index in [2.05, 4.69) is 0 Å². The molecule has 0 aliphatic heterocycles. The summed E-state index contributed by atoms with van der Waals surface area (Å²) in [6.07, 6.45) is 0. The second-order valence-corrected chi connectivity index (χ2v) is 6.23. The van der Waals surface area contributed by atoms with Crippen LogP contribution in [0.3, 0.4) is 0 Å². The van der Waals surface area contributed by atoms with Crippen molar-refractivity contribution in [2.24, 2.45) is 0 Å². The summed E-state index contributed by atoms with van der Waals surface area (Å²) in [5.74, 6) is -1.04. The number of nitrogens with zero attached hydrogens (tertiary/aromatic N) is 2. The molecule has 0 N–H and O–H groups in total. The van der Waals surface area contributed by atoms with Crippen molar-refractivity contribution in [3.05, 3.63) is 96.9 Å². The van der Waals surface area contributed by atoms with Gasteiger partial charge >= 0.3 is 11.6 Å². The Morgan fingerprint density at radius 2 is 1.47 bits per heavy atom. The smallest absolute Gasteiger partial charge is 0.344 e. The molecule has 0 aliphatic carbocycles. The Bertz CT molecular complexity index is 1390. The van der Waals surface area contributed by atoms with Crippen molar-refractivity contribution in [2.45, 2.75) is 0 Å². The van der Waals surface area contributed by atoms with Gasteiger partial charge in [-0.3, -0.25) is 20.2 Å². The fourth-order valence-corrected chi connectivity index (χ4v) is 3.01. The number of benzene rings is 3. The second kappa shape index (κ2) is 7.09. The molecule has 3 aromatic carbocycles. The molecule has 4 rings (SSSR count). The Hall–Kier alpha value is -4.60. The summed E-state index contributed by atoms with van der Waals surface area (Å²) >= 11 is 0. The molecular weight excluding hydrogens is 396 g/mol. The number of carbonyl (C=O) groups excluding carboxylic acids is 1. The maximum absolute atomic E-state index is 12.4. The van der Waals surface area contributed by atoms with Crippen LogP contribution in [0.15, 0.2) is 69.9 Å². The van der Waals surface area contributed by atoms with Gasteiger partial charge in [0.05, 0.1) is 26.9 Å². The molecule has 0 bridgehead atoms. The molecule has 1 aromatic heterocycles. The summed E-state index contributed by atoms with van der Waals surface area (Å²) < 4.78 is 10.5. The number of hydrogen-bond donors (Lipinski definition) is 0. The minimum Gasteiger partial charge on any atom is -0.423 e. The van der Waals surface area contributed by atoms with Crippen LogP contribution >= 0.6 is 0 Å².